The van der Waals surface area contributed by atoms with Crippen LogP contribution in [-0.4, -0.2) is 55.6 Å². The van der Waals surface area contributed by atoms with Gasteiger partial charge in [-0.3, -0.25) is 29.5 Å². The van der Waals surface area contributed by atoms with Crippen LogP contribution in [-0.2, 0) is 13.1 Å². The van der Waals surface area contributed by atoms with Crippen molar-refractivity contribution >= 4 is 5.84 Å². The summed E-state index contributed by atoms with van der Waals surface area (Å²) in [7, 11) is 0. The molecule has 0 saturated carbocycles. The molecule has 15 nitrogen and oxygen atoms in total. The van der Waals surface area contributed by atoms with Gasteiger partial charge in [-0.15, -0.1) is 0 Å². The van der Waals surface area contributed by atoms with E-state index in [0.717, 1.165) is 6.20 Å². The van der Waals surface area contributed by atoms with Crippen LogP contribution in [0, 0.1) is 22.9 Å². The van der Waals surface area contributed by atoms with E-state index in [2.05, 4.69) is 40.4 Å². The van der Waals surface area contributed by atoms with Gasteiger partial charge in [0.15, 0.2) is 5.82 Å². The molecule has 0 aliphatic rings. The zero-order chi connectivity index (χ0) is 32.9. The summed E-state index contributed by atoms with van der Waals surface area (Å²) in [6, 6.07) is 12.0. The van der Waals surface area contributed by atoms with Gasteiger partial charge in [-0.25, -0.2) is 13.8 Å². The van der Waals surface area contributed by atoms with Crippen molar-refractivity contribution in [1.29, 1.82) is 5.41 Å². The number of amidine groups is 1. The lowest BCUT2D eigenvalue weighted by atomic mass is 10.2. The van der Waals surface area contributed by atoms with Crippen LogP contribution in [0.1, 0.15) is 17.1 Å². The molecule has 0 spiro atoms. The maximum absolute atomic E-state index is 13.9. The Balaban J connectivity index is 0.000000168. The van der Waals surface area contributed by atoms with Gasteiger partial charge in [0, 0.05) is 24.5 Å². The first-order valence-corrected chi connectivity index (χ1v) is 13.5. The second-order valence-electron chi connectivity index (χ2n) is 9.60. The lowest BCUT2D eigenvalue weighted by molar-refractivity contribution is 0.421. The molecule has 0 unspecified atom stereocenters. The quantitative estimate of drug-likeness (QED) is 0.162. The van der Waals surface area contributed by atoms with Crippen molar-refractivity contribution in [3.05, 3.63) is 125 Å². The Hall–Kier alpha value is -6.72. The van der Waals surface area contributed by atoms with E-state index in [1.165, 1.54) is 58.5 Å². The van der Waals surface area contributed by atoms with Crippen molar-refractivity contribution in [3.63, 3.8) is 0 Å². The van der Waals surface area contributed by atoms with Gasteiger partial charge in [-0.2, -0.15) is 14.6 Å². The topological polar surface area (TPSA) is 209 Å². The van der Waals surface area contributed by atoms with Gasteiger partial charge < -0.3 is 19.8 Å². The second-order valence-corrected chi connectivity index (χ2v) is 9.60. The summed E-state index contributed by atoms with van der Waals surface area (Å²) in [4.78, 5) is 25.6. The summed E-state index contributed by atoms with van der Waals surface area (Å²) < 4.78 is 53.4. The van der Waals surface area contributed by atoms with Crippen molar-refractivity contribution < 1.29 is 22.2 Å². The third-order valence-corrected chi connectivity index (χ3v) is 6.50. The zero-order valence-electron chi connectivity index (χ0n) is 23.9. The lowest BCUT2D eigenvalue weighted by Crippen LogP contribution is -2.13. The molecule has 0 amide bonds. The van der Waals surface area contributed by atoms with Crippen LogP contribution in [0.2, 0.25) is 0 Å². The summed E-state index contributed by atoms with van der Waals surface area (Å²) >= 11 is 0. The van der Waals surface area contributed by atoms with Gasteiger partial charge in [0.1, 0.15) is 52.8 Å². The Bertz CT molecular complexity index is 2210. The van der Waals surface area contributed by atoms with E-state index in [1.807, 2.05) is 0 Å². The number of nitrogen functional groups attached to an aromatic ring is 1. The minimum absolute atomic E-state index is 0.0142. The van der Waals surface area contributed by atoms with Crippen LogP contribution in [0.5, 0.6) is 0 Å². The van der Waals surface area contributed by atoms with Gasteiger partial charge in [0.2, 0.25) is 5.82 Å². The highest BCUT2D eigenvalue weighted by Gasteiger charge is 2.18. The van der Waals surface area contributed by atoms with Gasteiger partial charge in [-0.1, -0.05) is 10.3 Å². The summed E-state index contributed by atoms with van der Waals surface area (Å²) in [5.41, 5.74) is 7.51. The number of nitrogens with one attached hydrogen (secondary N) is 2. The number of H-pyrrole nitrogens is 1. The minimum Gasteiger partial charge on any atom is -0.382 e. The molecule has 7 aromatic heterocycles. The number of halogens is 3. The summed E-state index contributed by atoms with van der Waals surface area (Å²) in [6.07, 6.45) is 6.58. The largest absolute Gasteiger partial charge is 0.382 e. The molecule has 7 aromatic rings. The van der Waals surface area contributed by atoms with Crippen LogP contribution in [0.25, 0.3) is 34.3 Å². The zero-order valence-corrected chi connectivity index (χ0v) is 23.9. The SMILES string of the molecule is N=C(N)c1cc(-c2ccon2)n(Cc2ncccc2F)n1.O=c1[nH]c(-c2cc(-c3ccon3)n(Cc3ncccc3F)n2)ncc1F. The van der Waals surface area contributed by atoms with E-state index in [1.54, 1.807) is 24.3 Å². The van der Waals surface area contributed by atoms with Gasteiger partial charge in [-0.05, 0) is 36.4 Å². The first-order valence-electron chi connectivity index (χ1n) is 13.5. The third kappa shape index (κ3) is 6.70. The fraction of sp³-hybridized carbons (Fsp3) is 0.0690. The Kier molecular flexibility index (Phi) is 8.45. The van der Waals surface area contributed by atoms with Crippen molar-refractivity contribution in [2.24, 2.45) is 5.73 Å². The first kappa shape index (κ1) is 30.3. The fourth-order valence-corrected chi connectivity index (χ4v) is 4.29. The second kappa shape index (κ2) is 13.1. The number of nitrogens with zero attached hydrogens (tertiary/aromatic N) is 9. The highest BCUT2D eigenvalue weighted by atomic mass is 19.1. The molecule has 0 aromatic carbocycles. The molecule has 0 bridgehead atoms. The minimum atomic E-state index is -1.000. The van der Waals surface area contributed by atoms with Crippen molar-refractivity contribution in [2.45, 2.75) is 13.1 Å². The number of hydrogen-bond acceptors (Lipinski definition) is 11. The number of aromatic nitrogens is 10. The maximum atomic E-state index is 13.9. The average Bonchev–Trinajstić information content (AvgIpc) is 3.88. The van der Waals surface area contributed by atoms with Gasteiger partial charge >= 0.3 is 0 Å². The predicted molar refractivity (Wildman–Crippen MR) is 157 cm³/mol. The maximum Gasteiger partial charge on any atom is 0.287 e. The van der Waals surface area contributed by atoms with E-state index in [-0.39, 0.29) is 47.5 Å². The first-order chi connectivity index (χ1) is 22.8. The van der Waals surface area contributed by atoms with Crippen LogP contribution in [0.15, 0.2) is 93.5 Å². The molecular weight excluding hydrogens is 621 g/mol. The van der Waals surface area contributed by atoms with Crippen molar-refractivity contribution in [3.8, 4) is 34.3 Å². The normalized spacial score (nSPS) is 10.9. The van der Waals surface area contributed by atoms with E-state index in [4.69, 9.17) is 20.2 Å². The standard InChI is InChI=1S/C16H10F2N6O2.C13H11FN6O/c17-9-2-1-4-19-13(9)8-24-14(11-3-5-26-23-11)6-12(22-24)15-20-7-10(18)16(25)21-15;14-8-2-1-4-17-11(8)7-20-12(9-3-5-21-19-9)6-10(18-20)13(15)16/h1-7H,8H2,(H,20,21,25);1-6H,7H2,(H3,15,16). The van der Waals surface area contributed by atoms with E-state index in [9.17, 15) is 18.0 Å². The number of rotatable bonds is 8. The van der Waals surface area contributed by atoms with Gasteiger partial charge in [0.05, 0.1) is 42.1 Å². The Morgan fingerprint density at radius 3 is 1.87 bits per heavy atom. The molecule has 236 valence electrons. The van der Waals surface area contributed by atoms with Gasteiger partial charge in [0.25, 0.3) is 5.56 Å². The molecule has 4 N–H and O–H groups in total. The predicted octanol–water partition coefficient (Wildman–Crippen LogP) is 3.41. The smallest absolute Gasteiger partial charge is 0.287 e. The third-order valence-electron chi connectivity index (χ3n) is 6.50. The van der Waals surface area contributed by atoms with Crippen LogP contribution >= 0.6 is 0 Å². The fourth-order valence-electron chi connectivity index (χ4n) is 4.29. The average molecular weight is 643 g/mol. The van der Waals surface area contributed by atoms with E-state index >= 15 is 0 Å². The van der Waals surface area contributed by atoms with Crippen LogP contribution in [0.4, 0.5) is 13.2 Å². The number of aromatic amines is 1. The lowest BCUT2D eigenvalue weighted by Gasteiger charge is -2.05. The van der Waals surface area contributed by atoms with Crippen molar-refractivity contribution in [2.75, 3.05) is 0 Å². The molecule has 0 saturated heterocycles. The van der Waals surface area contributed by atoms with E-state index < -0.39 is 23.0 Å². The summed E-state index contributed by atoms with van der Waals surface area (Å²) in [6.45, 7) is 0.114. The molecule has 0 aliphatic heterocycles. The highest BCUT2D eigenvalue weighted by Crippen LogP contribution is 2.24. The molecule has 7 heterocycles. The number of pyridine rings is 2. The molecule has 18 heteroatoms. The Morgan fingerprint density at radius 1 is 0.787 bits per heavy atom. The van der Waals surface area contributed by atoms with Crippen molar-refractivity contribution in [1.82, 2.24) is 49.8 Å². The molecule has 0 aliphatic carbocycles. The molecular formula is C29H21F3N12O3. The van der Waals surface area contributed by atoms with E-state index in [0.29, 0.717) is 22.8 Å². The number of hydrogen-bond donors (Lipinski definition) is 3. The summed E-state index contributed by atoms with van der Waals surface area (Å²) in [5.74, 6) is -2.02. The van der Waals surface area contributed by atoms with Crippen LogP contribution in [0.3, 0.4) is 0 Å². The summed E-state index contributed by atoms with van der Waals surface area (Å²) in [5, 5.41) is 23.6. The molecule has 0 fully saturated rings. The monoisotopic (exact) mass is 642 g/mol. The van der Waals surface area contributed by atoms with Crippen LogP contribution < -0.4 is 11.3 Å². The molecule has 0 radical (unpaired) electrons. The number of nitrogens with two attached hydrogens (primary N) is 1. The molecule has 0 atom stereocenters. The Morgan fingerprint density at radius 2 is 1.36 bits per heavy atom. The molecule has 47 heavy (non-hydrogen) atoms. The Labute approximate surface area is 261 Å². The molecule has 7 rings (SSSR count). The highest BCUT2D eigenvalue weighted by molar-refractivity contribution is 5.94.